The fourth-order valence-electron chi connectivity index (χ4n) is 4.20. The van der Waals surface area contributed by atoms with Gasteiger partial charge in [-0.25, -0.2) is 0 Å². The van der Waals surface area contributed by atoms with Crippen LogP contribution in [0.15, 0.2) is 0 Å². The third-order valence-electron chi connectivity index (χ3n) is 5.98. The first-order valence-corrected chi connectivity index (χ1v) is 9.01. The van der Waals surface area contributed by atoms with E-state index in [2.05, 4.69) is 19.2 Å². The first kappa shape index (κ1) is 16.3. The van der Waals surface area contributed by atoms with Crippen molar-refractivity contribution in [1.82, 2.24) is 5.32 Å². The van der Waals surface area contributed by atoms with Crippen molar-refractivity contribution < 1.29 is 4.74 Å². The highest BCUT2D eigenvalue weighted by atomic mass is 16.5. The molecule has 2 aliphatic rings. The van der Waals surface area contributed by atoms with Gasteiger partial charge in [0, 0.05) is 13.2 Å². The molecule has 2 rings (SSSR count). The third kappa shape index (κ3) is 3.98. The molecular weight excluding hydrogens is 246 g/mol. The van der Waals surface area contributed by atoms with Gasteiger partial charge in [-0.3, -0.25) is 0 Å². The Morgan fingerprint density at radius 3 is 2.30 bits per heavy atom. The molecule has 1 unspecified atom stereocenters. The second-order valence-corrected chi connectivity index (χ2v) is 7.19. The van der Waals surface area contributed by atoms with E-state index in [4.69, 9.17) is 4.74 Å². The molecule has 118 valence electrons. The molecule has 0 aromatic rings. The van der Waals surface area contributed by atoms with Gasteiger partial charge in [0.25, 0.3) is 0 Å². The van der Waals surface area contributed by atoms with Crippen LogP contribution in [0.1, 0.15) is 78.1 Å². The van der Waals surface area contributed by atoms with Crippen molar-refractivity contribution in [3.63, 3.8) is 0 Å². The van der Waals surface area contributed by atoms with Crippen molar-refractivity contribution >= 4 is 0 Å². The lowest BCUT2D eigenvalue weighted by atomic mass is 9.70. The molecule has 2 saturated carbocycles. The molecule has 0 bridgehead atoms. The van der Waals surface area contributed by atoms with E-state index in [1.807, 2.05) is 7.11 Å². The van der Waals surface area contributed by atoms with Crippen LogP contribution in [0.5, 0.6) is 0 Å². The average Bonchev–Trinajstić information content (AvgIpc) is 2.46. The number of ether oxygens (including phenoxy) is 1. The quantitative estimate of drug-likeness (QED) is 0.706. The molecule has 2 fully saturated rings. The SMILES string of the molecule is CCCNC(CC1(OC)CCC1)C1CCC(CC)CC1. The second-order valence-electron chi connectivity index (χ2n) is 7.19. The average molecular weight is 281 g/mol. The Morgan fingerprint density at radius 1 is 1.15 bits per heavy atom. The zero-order valence-electron chi connectivity index (χ0n) is 13.9. The topological polar surface area (TPSA) is 21.3 Å². The fourth-order valence-corrected chi connectivity index (χ4v) is 4.20. The summed E-state index contributed by atoms with van der Waals surface area (Å²) in [7, 11) is 1.92. The van der Waals surface area contributed by atoms with Crippen molar-refractivity contribution in [3.8, 4) is 0 Å². The van der Waals surface area contributed by atoms with E-state index in [0.29, 0.717) is 6.04 Å². The minimum Gasteiger partial charge on any atom is -0.378 e. The minimum atomic E-state index is 0.215. The fraction of sp³-hybridized carbons (Fsp3) is 1.00. The van der Waals surface area contributed by atoms with E-state index in [1.165, 1.54) is 64.2 Å². The van der Waals surface area contributed by atoms with Crippen LogP contribution in [0, 0.1) is 11.8 Å². The molecule has 1 atom stereocenters. The number of nitrogens with one attached hydrogen (secondary N) is 1. The van der Waals surface area contributed by atoms with Crippen LogP contribution >= 0.6 is 0 Å². The lowest BCUT2D eigenvalue weighted by Crippen LogP contribution is -2.49. The van der Waals surface area contributed by atoms with E-state index in [1.54, 1.807) is 0 Å². The Balaban J connectivity index is 1.89. The highest BCUT2D eigenvalue weighted by molar-refractivity contribution is 4.95. The van der Waals surface area contributed by atoms with Crippen LogP contribution in [-0.2, 0) is 4.74 Å². The summed E-state index contributed by atoms with van der Waals surface area (Å²) in [6.07, 6.45) is 13.5. The Hall–Kier alpha value is -0.0800. The van der Waals surface area contributed by atoms with Gasteiger partial charge in [-0.1, -0.05) is 33.1 Å². The van der Waals surface area contributed by atoms with Gasteiger partial charge < -0.3 is 10.1 Å². The summed E-state index contributed by atoms with van der Waals surface area (Å²) in [5.74, 6) is 1.88. The molecule has 2 nitrogen and oxygen atoms in total. The molecule has 0 aliphatic heterocycles. The van der Waals surface area contributed by atoms with Crippen LogP contribution in [0.2, 0.25) is 0 Å². The maximum Gasteiger partial charge on any atom is 0.0693 e. The first-order chi connectivity index (χ1) is 9.73. The van der Waals surface area contributed by atoms with Gasteiger partial charge in [0.1, 0.15) is 0 Å². The standard InChI is InChI=1S/C18H35NO/c1-4-13-19-17(14-18(20-3)11-6-12-18)16-9-7-15(5-2)8-10-16/h15-17,19H,4-14H2,1-3H3. The van der Waals surface area contributed by atoms with Gasteiger partial charge in [-0.05, 0) is 63.3 Å². The Bertz CT molecular complexity index is 261. The highest BCUT2D eigenvalue weighted by Gasteiger charge is 2.41. The smallest absolute Gasteiger partial charge is 0.0693 e. The molecule has 0 radical (unpaired) electrons. The van der Waals surface area contributed by atoms with E-state index in [9.17, 15) is 0 Å². The van der Waals surface area contributed by atoms with Crippen LogP contribution < -0.4 is 5.32 Å². The zero-order chi connectivity index (χ0) is 14.4. The van der Waals surface area contributed by atoms with Crippen molar-refractivity contribution in [3.05, 3.63) is 0 Å². The van der Waals surface area contributed by atoms with Gasteiger partial charge >= 0.3 is 0 Å². The van der Waals surface area contributed by atoms with Crippen molar-refractivity contribution in [2.75, 3.05) is 13.7 Å². The maximum atomic E-state index is 5.88. The highest BCUT2D eigenvalue weighted by Crippen LogP contribution is 2.42. The Kier molecular flexibility index (Phi) is 6.35. The maximum absolute atomic E-state index is 5.88. The van der Waals surface area contributed by atoms with Crippen molar-refractivity contribution in [2.24, 2.45) is 11.8 Å². The summed E-state index contributed by atoms with van der Waals surface area (Å²) >= 11 is 0. The summed E-state index contributed by atoms with van der Waals surface area (Å²) in [4.78, 5) is 0. The Morgan fingerprint density at radius 2 is 1.85 bits per heavy atom. The monoisotopic (exact) mass is 281 g/mol. The van der Waals surface area contributed by atoms with E-state index < -0.39 is 0 Å². The second kappa shape index (κ2) is 7.79. The number of hydrogen-bond donors (Lipinski definition) is 1. The van der Waals surface area contributed by atoms with E-state index in [0.717, 1.165) is 18.4 Å². The predicted molar refractivity (Wildman–Crippen MR) is 86.0 cm³/mol. The summed E-state index contributed by atoms with van der Waals surface area (Å²) in [5, 5.41) is 3.85. The van der Waals surface area contributed by atoms with Gasteiger partial charge in [-0.2, -0.15) is 0 Å². The Labute approximate surface area is 126 Å². The summed E-state index contributed by atoms with van der Waals surface area (Å²) in [6.45, 7) is 5.79. The van der Waals surface area contributed by atoms with Crippen LogP contribution in [0.25, 0.3) is 0 Å². The van der Waals surface area contributed by atoms with Crippen LogP contribution in [0.4, 0.5) is 0 Å². The molecule has 2 aliphatic carbocycles. The number of rotatable bonds is 8. The predicted octanol–water partition coefficient (Wildman–Crippen LogP) is 4.53. The summed E-state index contributed by atoms with van der Waals surface area (Å²) in [5.41, 5.74) is 0.215. The molecule has 1 N–H and O–H groups in total. The van der Waals surface area contributed by atoms with Gasteiger partial charge in [0.05, 0.1) is 5.60 Å². The van der Waals surface area contributed by atoms with E-state index in [-0.39, 0.29) is 5.60 Å². The molecule has 20 heavy (non-hydrogen) atoms. The van der Waals surface area contributed by atoms with Gasteiger partial charge in [-0.15, -0.1) is 0 Å². The molecule has 0 amide bonds. The summed E-state index contributed by atoms with van der Waals surface area (Å²) in [6, 6.07) is 0.688. The molecular formula is C18H35NO. The summed E-state index contributed by atoms with van der Waals surface area (Å²) < 4.78 is 5.88. The van der Waals surface area contributed by atoms with Crippen molar-refractivity contribution in [1.29, 1.82) is 0 Å². The molecule has 0 heterocycles. The first-order valence-electron chi connectivity index (χ1n) is 9.01. The normalized spacial score (nSPS) is 30.8. The lowest BCUT2D eigenvalue weighted by Gasteiger charge is -2.45. The number of methoxy groups -OCH3 is 1. The minimum absolute atomic E-state index is 0.215. The lowest BCUT2D eigenvalue weighted by molar-refractivity contribution is -0.0882. The zero-order valence-corrected chi connectivity index (χ0v) is 13.9. The van der Waals surface area contributed by atoms with E-state index >= 15 is 0 Å². The molecule has 0 aromatic carbocycles. The molecule has 0 spiro atoms. The van der Waals surface area contributed by atoms with Crippen LogP contribution in [0.3, 0.4) is 0 Å². The largest absolute Gasteiger partial charge is 0.378 e. The molecule has 0 saturated heterocycles. The van der Waals surface area contributed by atoms with Gasteiger partial charge in [0.2, 0.25) is 0 Å². The molecule has 0 aromatic heterocycles. The molecule has 2 heteroatoms. The van der Waals surface area contributed by atoms with Crippen LogP contribution in [-0.4, -0.2) is 25.3 Å². The van der Waals surface area contributed by atoms with Gasteiger partial charge in [0.15, 0.2) is 0 Å². The third-order valence-corrected chi connectivity index (χ3v) is 5.98. The van der Waals surface area contributed by atoms with Crippen molar-refractivity contribution in [2.45, 2.75) is 89.7 Å². The number of hydrogen-bond acceptors (Lipinski definition) is 2.